The molecule has 3 rings (SSSR count). The van der Waals surface area contributed by atoms with E-state index in [0.29, 0.717) is 29.1 Å². The Kier molecular flexibility index (Phi) is 5.61. The Hall–Kier alpha value is -2.76. The minimum absolute atomic E-state index is 0.115. The number of hydrogen-bond acceptors (Lipinski definition) is 2. The van der Waals surface area contributed by atoms with Crippen LogP contribution in [0.2, 0.25) is 0 Å². The summed E-state index contributed by atoms with van der Waals surface area (Å²) in [6, 6.07) is 9.05. The number of benzene rings is 1. The number of hydrogen-bond donors (Lipinski definition) is 1. The van der Waals surface area contributed by atoms with E-state index in [4.69, 9.17) is 0 Å². The van der Waals surface area contributed by atoms with Crippen LogP contribution in [0.3, 0.4) is 0 Å². The van der Waals surface area contributed by atoms with Gasteiger partial charge in [0.15, 0.2) is 11.6 Å². The van der Waals surface area contributed by atoms with Crippen LogP contribution in [-0.4, -0.2) is 15.3 Å². The topological polar surface area (TPSA) is 46.4 Å². The standard InChI is InChI=1S/C20H21F2N3O/c1-2-3-4-5-9-18(26)24-20-19(14-10-11-15(21)16(22)13-14)23-17-8-6-7-12-25(17)20/h6-8,10-13H,2-5,9H2,1H3,(H,24,26). The van der Waals surface area contributed by atoms with Gasteiger partial charge in [0.25, 0.3) is 0 Å². The molecule has 0 saturated carbocycles. The highest BCUT2D eigenvalue weighted by atomic mass is 19.2. The van der Waals surface area contributed by atoms with Crippen LogP contribution in [0.4, 0.5) is 14.6 Å². The third-order valence-corrected chi connectivity index (χ3v) is 4.24. The summed E-state index contributed by atoms with van der Waals surface area (Å²) in [6.07, 6.45) is 6.22. The number of halogens is 2. The molecule has 26 heavy (non-hydrogen) atoms. The monoisotopic (exact) mass is 357 g/mol. The molecule has 0 atom stereocenters. The minimum atomic E-state index is -0.948. The van der Waals surface area contributed by atoms with E-state index in [9.17, 15) is 13.6 Å². The van der Waals surface area contributed by atoms with Gasteiger partial charge in [0, 0.05) is 18.2 Å². The van der Waals surface area contributed by atoms with E-state index in [1.165, 1.54) is 6.07 Å². The van der Waals surface area contributed by atoms with Gasteiger partial charge in [-0.15, -0.1) is 0 Å². The Labute approximate surface area is 150 Å². The van der Waals surface area contributed by atoms with Crippen LogP contribution in [0, 0.1) is 11.6 Å². The van der Waals surface area contributed by atoms with Gasteiger partial charge in [0.1, 0.15) is 17.2 Å². The molecule has 0 bridgehead atoms. The highest BCUT2D eigenvalue weighted by molar-refractivity contribution is 5.94. The first-order chi connectivity index (χ1) is 12.6. The molecule has 0 saturated heterocycles. The highest BCUT2D eigenvalue weighted by Crippen LogP contribution is 2.30. The van der Waals surface area contributed by atoms with Gasteiger partial charge in [0.2, 0.25) is 5.91 Å². The van der Waals surface area contributed by atoms with Crippen molar-refractivity contribution in [2.45, 2.75) is 39.0 Å². The number of fused-ring (bicyclic) bond motifs is 1. The fourth-order valence-corrected chi connectivity index (χ4v) is 2.87. The number of pyridine rings is 1. The Balaban J connectivity index is 1.92. The summed E-state index contributed by atoms with van der Waals surface area (Å²) in [5, 5.41) is 2.89. The molecule has 1 aromatic carbocycles. The average molecular weight is 357 g/mol. The molecule has 0 radical (unpaired) electrons. The number of carbonyl (C=O) groups excluding carboxylic acids is 1. The summed E-state index contributed by atoms with van der Waals surface area (Å²) in [7, 11) is 0. The zero-order valence-electron chi connectivity index (χ0n) is 14.6. The van der Waals surface area contributed by atoms with Gasteiger partial charge in [-0.1, -0.05) is 32.3 Å². The van der Waals surface area contributed by atoms with Gasteiger partial charge in [-0.25, -0.2) is 13.8 Å². The van der Waals surface area contributed by atoms with Crippen molar-refractivity contribution >= 4 is 17.4 Å². The maximum absolute atomic E-state index is 13.7. The largest absolute Gasteiger partial charge is 0.310 e. The van der Waals surface area contributed by atoms with Gasteiger partial charge in [-0.05, 0) is 36.8 Å². The molecule has 0 aliphatic rings. The molecule has 6 heteroatoms. The molecule has 1 amide bonds. The quantitative estimate of drug-likeness (QED) is 0.592. The Bertz CT molecular complexity index is 921. The normalized spacial score (nSPS) is 11.0. The van der Waals surface area contributed by atoms with Crippen molar-refractivity contribution in [1.82, 2.24) is 9.38 Å². The van der Waals surface area contributed by atoms with E-state index in [1.54, 1.807) is 16.7 Å². The first-order valence-electron chi connectivity index (χ1n) is 8.82. The van der Waals surface area contributed by atoms with Crippen LogP contribution in [0.1, 0.15) is 39.0 Å². The summed E-state index contributed by atoms with van der Waals surface area (Å²) >= 11 is 0. The fraction of sp³-hybridized carbons (Fsp3) is 0.300. The van der Waals surface area contributed by atoms with Crippen molar-refractivity contribution in [2.24, 2.45) is 0 Å². The van der Waals surface area contributed by atoms with Crippen molar-refractivity contribution in [3.63, 3.8) is 0 Å². The second kappa shape index (κ2) is 8.08. The summed E-state index contributed by atoms with van der Waals surface area (Å²) in [6.45, 7) is 2.12. The predicted molar refractivity (Wildman–Crippen MR) is 97.9 cm³/mol. The first kappa shape index (κ1) is 18.0. The molecule has 0 spiro atoms. The lowest BCUT2D eigenvalue weighted by Crippen LogP contribution is -2.13. The van der Waals surface area contributed by atoms with E-state index >= 15 is 0 Å². The lowest BCUT2D eigenvalue weighted by atomic mass is 10.1. The molecule has 3 aromatic rings. The third-order valence-electron chi connectivity index (χ3n) is 4.24. The van der Waals surface area contributed by atoms with Crippen LogP contribution in [0.25, 0.3) is 16.9 Å². The van der Waals surface area contributed by atoms with Gasteiger partial charge in [0.05, 0.1) is 0 Å². The van der Waals surface area contributed by atoms with Crippen LogP contribution in [0.15, 0.2) is 42.6 Å². The smallest absolute Gasteiger partial charge is 0.225 e. The Morgan fingerprint density at radius 3 is 2.73 bits per heavy atom. The maximum atomic E-state index is 13.7. The van der Waals surface area contributed by atoms with Crippen LogP contribution < -0.4 is 5.32 Å². The molecular weight excluding hydrogens is 336 g/mol. The van der Waals surface area contributed by atoms with E-state index in [0.717, 1.165) is 37.8 Å². The molecule has 136 valence electrons. The molecule has 0 fully saturated rings. The molecule has 2 heterocycles. The van der Waals surface area contributed by atoms with Gasteiger partial charge in [-0.2, -0.15) is 0 Å². The highest BCUT2D eigenvalue weighted by Gasteiger charge is 2.17. The molecule has 4 nitrogen and oxygen atoms in total. The second-order valence-corrected chi connectivity index (χ2v) is 6.23. The lowest BCUT2D eigenvalue weighted by Gasteiger charge is -2.08. The first-order valence-corrected chi connectivity index (χ1v) is 8.82. The number of imidazole rings is 1. The SMILES string of the molecule is CCCCCCC(=O)Nc1c(-c2ccc(F)c(F)c2)nc2ccccn12. The van der Waals surface area contributed by atoms with E-state index in [2.05, 4.69) is 17.2 Å². The number of unbranched alkanes of at least 4 members (excludes halogenated alkanes) is 3. The van der Waals surface area contributed by atoms with E-state index in [1.807, 2.05) is 12.1 Å². The summed E-state index contributed by atoms with van der Waals surface area (Å²) < 4.78 is 28.7. The third kappa shape index (κ3) is 3.90. The molecule has 2 aromatic heterocycles. The number of carbonyl (C=O) groups is 1. The van der Waals surface area contributed by atoms with Crippen molar-refractivity contribution in [1.29, 1.82) is 0 Å². The summed E-state index contributed by atoms with van der Waals surface area (Å²) in [5.74, 6) is -1.52. The van der Waals surface area contributed by atoms with Crippen molar-refractivity contribution in [3.8, 4) is 11.3 Å². The number of amides is 1. The maximum Gasteiger partial charge on any atom is 0.225 e. The Morgan fingerprint density at radius 2 is 1.96 bits per heavy atom. The Morgan fingerprint density at radius 1 is 1.12 bits per heavy atom. The molecule has 0 unspecified atom stereocenters. The number of aromatic nitrogens is 2. The second-order valence-electron chi connectivity index (χ2n) is 6.23. The zero-order valence-corrected chi connectivity index (χ0v) is 14.6. The molecule has 1 N–H and O–H groups in total. The minimum Gasteiger partial charge on any atom is -0.310 e. The van der Waals surface area contributed by atoms with Crippen molar-refractivity contribution < 1.29 is 13.6 Å². The lowest BCUT2D eigenvalue weighted by molar-refractivity contribution is -0.116. The van der Waals surface area contributed by atoms with Crippen LogP contribution >= 0.6 is 0 Å². The molecule has 0 aliphatic carbocycles. The van der Waals surface area contributed by atoms with Crippen molar-refractivity contribution in [3.05, 3.63) is 54.2 Å². The average Bonchev–Trinajstić information content (AvgIpc) is 3.00. The molecular formula is C20H21F2N3O. The number of anilines is 1. The van der Waals surface area contributed by atoms with Crippen LogP contribution in [-0.2, 0) is 4.79 Å². The zero-order chi connectivity index (χ0) is 18.5. The van der Waals surface area contributed by atoms with Gasteiger partial charge < -0.3 is 5.32 Å². The van der Waals surface area contributed by atoms with Crippen LogP contribution in [0.5, 0.6) is 0 Å². The van der Waals surface area contributed by atoms with E-state index < -0.39 is 11.6 Å². The summed E-state index contributed by atoms with van der Waals surface area (Å²) in [4.78, 5) is 16.8. The fourth-order valence-electron chi connectivity index (χ4n) is 2.87. The number of nitrogens with one attached hydrogen (secondary N) is 1. The number of rotatable bonds is 7. The van der Waals surface area contributed by atoms with Gasteiger partial charge >= 0.3 is 0 Å². The number of nitrogens with zero attached hydrogens (tertiary/aromatic N) is 2. The summed E-state index contributed by atoms with van der Waals surface area (Å²) in [5.41, 5.74) is 1.44. The predicted octanol–water partition coefficient (Wildman–Crippen LogP) is 5.19. The van der Waals surface area contributed by atoms with E-state index in [-0.39, 0.29) is 5.91 Å². The molecule has 0 aliphatic heterocycles. The van der Waals surface area contributed by atoms with Crippen molar-refractivity contribution in [2.75, 3.05) is 5.32 Å². The van der Waals surface area contributed by atoms with Gasteiger partial charge in [-0.3, -0.25) is 9.20 Å².